The van der Waals surface area contributed by atoms with Gasteiger partial charge in [-0.2, -0.15) is 0 Å². The van der Waals surface area contributed by atoms with Crippen molar-refractivity contribution in [3.8, 4) is 0 Å². The molecule has 2 aliphatic rings. The molecular formula is C19H23N3O3. The zero-order valence-corrected chi connectivity index (χ0v) is 15.1. The molecule has 2 amide bonds. The molecule has 6 nitrogen and oxygen atoms in total. The fraction of sp³-hybridized carbons (Fsp3) is 0.474. The van der Waals surface area contributed by atoms with Crippen LogP contribution in [-0.2, 0) is 28.0 Å². The molecule has 0 spiro atoms. The first-order valence-electron chi connectivity index (χ1n) is 8.73. The Morgan fingerprint density at radius 3 is 2.80 bits per heavy atom. The van der Waals surface area contributed by atoms with Crippen molar-refractivity contribution in [1.29, 1.82) is 0 Å². The van der Waals surface area contributed by atoms with Crippen LogP contribution in [0.4, 0.5) is 10.5 Å². The van der Waals surface area contributed by atoms with Crippen molar-refractivity contribution in [2.45, 2.75) is 39.3 Å². The molecule has 0 N–H and O–H groups in total. The summed E-state index contributed by atoms with van der Waals surface area (Å²) in [5, 5.41) is 1.12. The van der Waals surface area contributed by atoms with Crippen molar-refractivity contribution in [3.63, 3.8) is 0 Å². The van der Waals surface area contributed by atoms with Gasteiger partial charge in [-0.1, -0.05) is 12.1 Å². The van der Waals surface area contributed by atoms with Gasteiger partial charge in [-0.3, -0.25) is 4.79 Å². The lowest BCUT2D eigenvalue weighted by Gasteiger charge is -2.39. The van der Waals surface area contributed by atoms with E-state index in [0.29, 0.717) is 19.7 Å². The maximum absolute atomic E-state index is 12.9. The van der Waals surface area contributed by atoms with Crippen LogP contribution in [-0.4, -0.2) is 41.7 Å². The highest BCUT2D eigenvalue weighted by Gasteiger charge is 2.43. The average molecular weight is 341 g/mol. The summed E-state index contributed by atoms with van der Waals surface area (Å²) in [6, 6.07) is 6.05. The maximum Gasteiger partial charge on any atom is 0.410 e. The van der Waals surface area contributed by atoms with Crippen LogP contribution >= 0.6 is 0 Å². The van der Waals surface area contributed by atoms with Crippen LogP contribution in [0.25, 0.3) is 10.9 Å². The summed E-state index contributed by atoms with van der Waals surface area (Å²) in [5.74, 6) is 0.0822. The van der Waals surface area contributed by atoms with Gasteiger partial charge in [0.25, 0.3) is 5.91 Å². The topological polar surface area (TPSA) is 54.8 Å². The summed E-state index contributed by atoms with van der Waals surface area (Å²) in [5.41, 5.74) is 3.67. The van der Waals surface area contributed by atoms with Crippen LogP contribution in [0, 0.1) is 0 Å². The number of nitrogens with zero attached hydrogens (tertiary/aromatic N) is 3. The van der Waals surface area contributed by atoms with Crippen molar-refractivity contribution in [2.75, 3.05) is 25.1 Å². The molecule has 0 unspecified atom stereocenters. The van der Waals surface area contributed by atoms with Crippen LogP contribution in [0.2, 0.25) is 0 Å². The van der Waals surface area contributed by atoms with E-state index in [1.165, 1.54) is 0 Å². The molecule has 0 atom stereocenters. The highest BCUT2D eigenvalue weighted by molar-refractivity contribution is 6.10. The summed E-state index contributed by atoms with van der Waals surface area (Å²) in [4.78, 5) is 28.6. The number of amides is 2. The molecule has 0 radical (unpaired) electrons. The standard InChI is InChI=1S/C19H23N3O3/c1-5-25-18(24)21-10-9-14-13(11-21)12-7-6-8-15-16(12)22(14)19(2,3)17(23)20(15)4/h6-8H,5,9-11H2,1-4H3. The van der Waals surface area contributed by atoms with E-state index in [4.69, 9.17) is 4.74 Å². The number of hydrogen-bond donors (Lipinski definition) is 0. The number of carbonyl (C=O) groups is 2. The number of aromatic nitrogens is 1. The zero-order chi connectivity index (χ0) is 17.9. The zero-order valence-electron chi connectivity index (χ0n) is 15.1. The van der Waals surface area contributed by atoms with E-state index in [2.05, 4.69) is 10.6 Å². The largest absolute Gasteiger partial charge is 0.450 e. The van der Waals surface area contributed by atoms with E-state index in [1.807, 2.05) is 40.0 Å². The molecule has 6 heteroatoms. The molecular weight excluding hydrogens is 318 g/mol. The third-order valence-electron chi connectivity index (χ3n) is 5.42. The van der Waals surface area contributed by atoms with E-state index in [-0.39, 0.29) is 12.0 Å². The summed E-state index contributed by atoms with van der Waals surface area (Å²) in [6.45, 7) is 7.27. The van der Waals surface area contributed by atoms with Crippen LogP contribution < -0.4 is 4.90 Å². The minimum atomic E-state index is -0.638. The molecule has 0 saturated carbocycles. The lowest BCUT2D eigenvalue weighted by Crippen LogP contribution is -2.49. The monoisotopic (exact) mass is 341 g/mol. The van der Waals surface area contributed by atoms with Crippen LogP contribution in [0.15, 0.2) is 18.2 Å². The molecule has 3 heterocycles. The Labute approximate surface area is 146 Å². The summed E-state index contributed by atoms with van der Waals surface area (Å²) < 4.78 is 7.36. The smallest absolute Gasteiger partial charge is 0.410 e. The minimum Gasteiger partial charge on any atom is -0.450 e. The van der Waals surface area contributed by atoms with E-state index < -0.39 is 5.54 Å². The van der Waals surface area contributed by atoms with E-state index in [1.54, 1.807) is 9.80 Å². The second-order valence-corrected chi connectivity index (χ2v) is 7.23. The number of para-hydroxylation sites is 1. The van der Waals surface area contributed by atoms with Crippen molar-refractivity contribution in [3.05, 3.63) is 29.5 Å². The first-order chi connectivity index (χ1) is 11.9. The number of hydrogen-bond acceptors (Lipinski definition) is 3. The molecule has 0 fully saturated rings. The van der Waals surface area contributed by atoms with Crippen LogP contribution in [0.1, 0.15) is 32.0 Å². The van der Waals surface area contributed by atoms with Gasteiger partial charge in [0.2, 0.25) is 0 Å². The molecule has 132 valence electrons. The third kappa shape index (κ3) is 2.03. The van der Waals surface area contributed by atoms with E-state index in [9.17, 15) is 9.59 Å². The molecule has 2 aliphatic heterocycles. The number of likely N-dealkylation sites (N-methyl/N-ethyl adjacent to an activating group) is 1. The molecule has 0 aliphatic carbocycles. The number of rotatable bonds is 1. The Bertz CT molecular complexity index is 897. The Balaban J connectivity index is 1.93. The van der Waals surface area contributed by atoms with Gasteiger partial charge in [-0.05, 0) is 26.8 Å². The highest BCUT2D eigenvalue weighted by Crippen LogP contribution is 2.43. The molecule has 0 bridgehead atoms. The summed E-state index contributed by atoms with van der Waals surface area (Å²) in [6.07, 6.45) is 0.454. The first-order valence-corrected chi connectivity index (χ1v) is 8.73. The van der Waals surface area contributed by atoms with E-state index >= 15 is 0 Å². The fourth-order valence-corrected chi connectivity index (χ4v) is 4.26. The predicted octanol–water partition coefficient (Wildman–Crippen LogP) is 2.87. The Morgan fingerprint density at radius 2 is 2.08 bits per heavy atom. The quantitative estimate of drug-likeness (QED) is 0.801. The van der Waals surface area contributed by atoms with Gasteiger partial charge in [0, 0.05) is 36.7 Å². The van der Waals surface area contributed by atoms with Gasteiger partial charge in [0.05, 0.1) is 24.4 Å². The van der Waals surface area contributed by atoms with Gasteiger partial charge < -0.3 is 19.1 Å². The lowest BCUT2D eigenvalue weighted by molar-refractivity contribution is -0.125. The second kappa shape index (κ2) is 5.25. The fourth-order valence-electron chi connectivity index (χ4n) is 4.26. The number of anilines is 1. The van der Waals surface area contributed by atoms with E-state index in [0.717, 1.165) is 34.3 Å². The van der Waals surface area contributed by atoms with Crippen molar-refractivity contribution in [2.24, 2.45) is 0 Å². The Morgan fingerprint density at radius 1 is 1.32 bits per heavy atom. The Hall–Kier alpha value is -2.50. The first kappa shape index (κ1) is 16.0. The van der Waals surface area contributed by atoms with Crippen molar-refractivity contribution < 1.29 is 14.3 Å². The van der Waals surface area contributed by atoms with Crippen molar-refractivity contribution >= 4 is 28.6 Å². The average Bonchev–Trinajstić information content (AvgIpc) is 2.94. The lowest BCUT2D eigenvalue weighted by atomic mass is 9.98. The second-order valence-electron chi connectivity index (χ2n) is 7.23. The molecule has 1 aromatic carbocycles. The summed E-state index contributed by atoms with van der Waals surface area (Å²) >= 11 is 0. The SMILES string of the molecule is CCOC(=O)N1CCc2c(c3cccc4c3n2C(C)(C)C(=O)N4C)C1. The third-order valence-corrected chi connectivity index (χ3v) is 5.42. The summed E-state index contributed by atoms with van der Waals surface area (Å²) in [7, 11) is 1.83. The predicted molar refractivity (Wildman–Crippen MR) is 95.8 cm³/mol. The van der Waals surface area contributed by atoms with Gasteiger partial charge in [-0.25, -0.2) is 4.79 Å². The van der Waals surface area contributed by atoms with Gasteiger partial charge in [0.1, 0.15) is 5.54 Å². The minimum absolute atomic E-state index is 0.0822. The number of ether oxygens (including phenoxy) is 1. The molecule has 2 aromatic rings. The van der Waals surface area contributed by atoms with Gasteiger partial charge >= 0.3 is 6.09 Å². The van der Waals surface area contributed by atoms with Crippen LogP contribution in [0.5, 0.6) is 0 Å². The number of carbonyl (C=O) groups excluding carboxylic acids is 2. The molecule has 4 rings (SSSR count). The normalized spacial score (nSPS) is 18.5. The van der Waals surface area contributed by atoms with Gasteiger partial charge in [0.15, 0.2) is 0 Å². The highest BCUT2D eigenvalue weighted by atomic mass is 16.6. The van der Waals surface area contributed by atoms with Crippen molar-refractivity contribution in [1.82, 2.24) is 9.47 Å². The molecule has 25 heavy (non-hydrogen) atoms. The Kier molecular flexibility index (Phi) is 3.36. The number of benzene rings is 1. The number of fused-ring (bicyclic) bond motifs is 3. The molecule has 1 aromatic heterocycles. The van der Waals surface area contributed by atoms with Crippen LogP contribution in [0.3, 0.4) is 0 Å². The van der Waals surface area contributed by atoms with Gasteiger partial charge in [-0.15, -0.1) is 0 Å². The molecule has 0 saturated heterocycles. The maximum atomic E-state index is 12.9.